The van der Waals surface area contributed by atoms with Crippen molar-refractivity contribution >= 4 is 23.0 Å². The SMILES string of the molecule is C[C@@H](N(CCO)C(=S)Nc1ccc(-n2cnnn2)cc1)[C@](O)(Cn1cncn1)c1ccc(F)cc1F. The van der Waals surface area contributed by atoms with Crippen LogP contribution < -0.4 is 5.32 Å². The van der Waals surface area contributed by atoms with Crippen molar-refractivity contribution in [3.05, 3.63) is 78.6 Å². The molecule has 0 aliphatic rings. The van der Waals surface area contributed by atoms with E-state index in [0.29, 0.717) is 11.8 Å². The van der Waals surface area contributed by atoms with E-state index in [0.717, 1.165) is 11.8 Å². The van der Waals surface area contributed by atoms with Crippen LogP contribution in [0.5, 0.6) is 0 Å². The number of thiocarbonyl (C=S) groups is 1. The topological polar surface area (TPSA) is 130 Å². The lowest BCUT2D eigenvalue weighted by molar-refractivity contribution is -0.0474. The summed E-state index contributed by atoms with van der Waals surface area (Å²) in [7, 11) is 0. The van der Waals surface area contributed by atoms with Gasteiger partial charge in [0.1, 0.15) is 36.2 Å². The van der Waals surface area contributed by atoms with Crippen molar-refractivity contribution in [3.63, 3.8) is 0 Å². The highest BCUT2D eigenvalue weighted by molar-refractivity contribution is 7.80. The number of halogens is 2. The molecule has 2 aromatic heterocycles. The molecule has 11 nitrogen and oxygen atoms in total. The van der Waals surface area contributed by atoms with Crippen molar-refractivity contribution in [3.8, 4) is 5.69 Å². The molecule has 0 fully saturated rings. The fourth-order valence-electron chi connectivity index (χ4n) is 3.85. The maximum Gasteiger partial charge on any atom is 0.173 e. The van der Waals surface area contributed by atoms with Crippen molar-refractivity contribution in [2.24, 2.45) is 0 Å². The standard InChI is InChI=1S/C22H23F2N9O2S/c1-15(22(35,11-31-13-25-12-27-31)19-7-2-16(23)10-20(19)24)32(8-9-34)21(36)28-17-3-5-18(6-4-17)33-14-26-29-30-33/h2-7,10,12-15,34-35H,8-9,11H2,1H3,(H,28,36)/t15-,22-/m1/s1. The van der Waals surface area contributed by atoms with Gasteiger partial charge in [-0.15, -0.1) is 5.10 Å². The van der Waals surface area contributed by atoms with Crippen molar-refractivity contribution in [2.75, 3.05) is 18.5 Å². The monoisotopic (exact) mass is 515 g/mol. The number of hydrogen-bond acceptors (Lipinski definition) is 8. The van der Waals surface area contributed by atoms with E-state index in [1.807, 2.05) is 0 Å². The van der Waals surface area contributed by atoms with Crippen molar-refractivity contribution in [2.45, 2.75) is 25.1 Å². The molecule has 14 heteroatoms. The number of rotatable bonds is 9. The van der Waals surface area contributed by atoms with E-state index in [9.17, 15) is 19.0 Å². The lowest BCUT2D eigenvalue weighted by atomic mass is 9.85. The Balaban J connectivity index is 1.62. The van der Waals surface area contributed by atoms with Gasteiger partial charge in [0.25, 0.3) is 0 Å². The maximum atomic E-state index is 14.9. The molecule has 3 N–H and O–H groups in total. The van der Waals surface area contributed by atoms with Crippen molar-refractivity contribution in [1.82, 2.24) is 39.9 Å². The van der Waals surface area contributed by atoms with E-state index in [2.05, 4.69) is 30.9 Å². The van der Waals surface area contributed by atoms with Crippen LogP contribution in [-0.2, 0) is 12.1 Å². The summed E-state index contributed by atoms with van der Waals surface area (Å²) < 4.78 is 31.4. The van der Waals surface area contributed by atoms with Gasteiger partial charge in [0.2, 0.25) is 0 Å². The van der Waals surface area contributed by atoms with Gasteiger partial charge in [0.15, 0.2) is 5.11 Å². The highest BCUT2D eigenvalue weighted by Crippen LogP contribution is 2.33. The molecule has 0 saturated carbocycles. The summed E-state index contributed by atoms with van der Waals surface area (Å²) in [4.78, 5) is 5.41. The lowest BCUT2D eigenvalue weighted by Gasteiger charge is -2.42. The number of aliphatic hydroxyl groups is 2. The zero-order valence-corrected chi connectivity index (χ0v) is 19.9. The molecule has 2 aromatic carbocycles. The predicted octanol–water partition coefficient (Wildman–Crippen LogP) is 1.50. The predicted molar refractivity (Wildman–Crippen MR) is 129 cm³/mol. The number of nitrogens with one attached hydrogen (secondary N) is 1. The van der Waals surface area contributed by atoms with Crippen LogP contribution in [0.15, 0.2) is 61.4 Å². The normalized spacial score (nSPS) is 13.7. The second kappa shape index (κ2) is 10.8. The van der Waals surface area contributed by atoms with E-state index in [1.54, 1.807) is 31.2 Å². The summed E-state index contributed by atoms with van der Waals surface area (Å²) in [6, 6.07) is 9.12. The van der Waals surface area contributed by atoms with Crippen LogP contribution in [0.2, 0.25) is 0 Å². The summed E-state index contributed by atoms with van der Waals surface area (Å²) in [5, 5.41) is 39.9. The zero-order valence-electron chi connectivity index (χ0n) is 19.1. The molecule has 4 aromatic rings. The van der Waals surface area contributed by atoms with Gasteiger partial charge in [-0.1, -0.05) is 6.07 Å². The number of anilines is 1. The third-order valence-corrected chi connectivity index (χ3v) is 6.10. The summed E-state index contributed by atoms with van der Waals surface area (Å²) in [5.74, 6) is -1.70. The Morgan fingerprint density at radius 1 is 1.19 bits per heavy atom. The smallest absolute Gasteiger partial charge is 0.173 e. The average Bonchev–Trinajstić information content (AvgIpc) is 3.57. The third kappa shape index (κ3) is 5.35. The first-order valence-electron chi connectivity index (χ1n) is 10.8. The van der Waals surface area contributed by atoms with E-state index >= 15 is 0 Å². The number of nitrogens with zero attached hydrogens (tertiary/aromatic N) is 8. The number of hydrogen-bond donors (Lipinski definition) is 3. The van der Waals surface area contributed by atoms with Gasteiger partial charge < -0.3 is 20.4 Å². The van der Waals surface area contributed by atoms with Gasteiger partial charge in [-0.3, -0.25) is 0 Å². The van der Waals surface area contributed by atoms with Crippen LogP contribution in [-0.4, -0.2) is 74.4 Å². The van der Waals surface area contributed by atoms with Gasteiger partial charge in [0, 0.05) is 23.9 Å². The Kier molecular flexibility index (Phi) is 7.57. The molecule has 0 bridgehead atoms. The van der Waals surface area contributed by atoms with E-state index in [1.165, 1.54) is 39.3 Å². The number of aliphatic hydroxyl groups excluding tert-OH is 1. The highest BCUT2D eigenvalue weighted by Gasteiger charge is 2.42. The average molecular weight is 516 g/mol. The van der Waals surface area contributed by atoms with E-state index in [-0.39, 0.29) is 30.4 Å². The zero-order chi connectivity index (χ0) is 25.7. The number of tetrazole rings is 1. The fourth-order valence-corrected chi connectivity index (χ4v) is 4.22. The summed E-state index contributed by atoms with van der Waals surface area (Å²) >= 11 is 5.60. The number of aromatic nitrogens is 7. The molecule has 2 heterocycles. The minimum Gasteiger partial charge on any atom is -0.395 e. The molecule has 0 spiro atoms. The maximum absolute atomic E-state index is 14.9. The number of benzene rings is 2. The third-order valence-electron chi connectivity index (χ3n) is 5.76. The molecule has 0 unspecified atom stereocenters. The summed E-state index contributed by atoms with van der Waals surface area (Å²) in [6.45, 7) is 1.15. The second-order valence-corrected chi connectivity index (χ2v) is 8.35. The molecule has 0 saturated heterocycles. The second-order valence-electron chi connectivity index (χ2n) is 7.97. The Hall–Kier alpha value is -3.88. The molecule has 0 amide bonds. The van der Waals surface area contributed by atoms with Gasteiger partial charge in [-0.25, -0.2) is 23.1 Å². The molecule has 36 heavy (non-hydrogen) atoms. The van der Waals surface area contributed by atoms with Gasteiger partial charge in [-0.2, -0.15) is 5.10 Å². The molecular weight excluding hydrogens is 492 g/mol. The van der Waals surface area contributed by atoms with Crippen LogP contribution in [0, 0.1) is 11.6 Å². The molecule has 0 aliphatic heterocycles. The van der Waals surface area contributed by atoms with Crippen LogP contribution in [0.4, 0.5) is 14.5 Å². The first kappa shape index (κ1) is 25.2. The van der Waals surface area contributed by atoms with Crippen LogP contribution in [0.1, 0.15) is 12.5 Å². The minimum absolute atomic E-state index is 0.0260. The molecule has 0 aliphatic carbocycles. The molecule has 188 valence electrons. The van der Waals surface area contributed by atoms with E-state index < -0.39 is 23.3 Å². The van der Waals surface area contributed by atoms with Crippen LogP contribution in [0.25, 0.3) is 5.69 Å². The van der Waals surface area contributed by atoms with E-state index in [4.69, 9.17) is 12.2 Å². The molecule has 0 radical (unpaired) electrons. The Morgan fingerprint density at radius 3 is 2.58 bits per heavy atom. The minimum atomic E-state index is -1.93. The summed E-state index contributed by atoms with van der Waals surface area (Å²) in [6.07, 6.45) is 4.11. The highest BCUT2D eigenvalue weighted by atomic mass is 32.1. The quantitative estimate of drug-likeness (QED) is 0.282. The Labute approximate surface area is 210 Å². The molecular formula is C22H23F2N9O2S. The molecule has 2 atom stereocenters. The van der Waals surface area contributed by atoms with Gasteiger partial charge >= 0.3 is 0 Å². The van der Waals surface area contributed by atoms with Crippen LogP contribution in [0.3, 0.4) is 0 Å². The van der Waals surface area contributed by atoms with Crippen LogP contribution >= 0.6 is 12.2 Å². The Morgan fingerprint density at radius 2 is 1.97 bits per heavy atom. The van der Waals surface area contributed by atoms with Crippen molar-refractivity contribution < 1.29 is 19.0 Å². The largest absolute Gasteiger partial charge is 0.395 e. The van der Waals surface area contributed by atoms with Gasteiger partial charge in [-0.05, 0) is 59.9 Å². The first-order valence-corrected chi connectivity index (χ1v) is 11.2. The van der Waals surface area contributed by atoms with Crippen molar-refractivity contribution in [1.29, 1.82) is 0 Å². The lowest BCUT2D eigenvalue weighted by Crippen LogP contribution is -2.55. The fraction of sp³-hybridized carbons (Fsp3) is 0.273. The summed E-state index contributed by atoms with van der Waals surface area (Å²) in [5.41, 5.74) is -0.731. The first-order chi connectivity index (χ1) is 17.3. The Bertz CT molecular complexity index is 1290. The molecule has 4 rings (SSSR count). The van der Waals surface area contributed by atoms with Gasteiger partial charge in [0.05, 0.1) is 24.9 Å².